The van der Waals surface area contributed by atoms with Gasteiger partial charge in [-0.2, -0.15) is 0 Å². The number of pyridine rings is 2. The Labute approximate surface area is 180 Å². The van der Waals surface area contributed by atoms with Crippen molar-refractivity contribution >= 4 is 23.3 Å². The number of aromatic nitrogens is 3. The summed E-state index contributed by atoms with van der Waals surface area (Å²) in [6, 6.07) is 13.7. The van der Waals surface area contributed by atoms with Crippen molar-refractivity contribution in [3.05, 3.63) is 78.1 Å². The van der Waals surface area contributed by atoms with Gasteiger partial charge in [0.25, 0.3) is 0 Å². The van der Waals surface area contributed by atoms with Crippen molar-refractivity contribution in [1.29, 1.82) is 0 Å². The Morgan fingerprint density at radius 3 is 2.77 bits per heavy atom. The van der Waals surface area contributed by atoms with E-state index in [0.717, 1.165) is 22.8 Å². The number of nitrogens with zero attached hydrogens (tertiary/aromatic N) is 4. The van der Waals surface area contributed by atoms with Gasteiger partial charge in [-0.25, -0.2) is 0 Å². The summed E-state index contributed by atoms with van der Waals surface area (Å²) in [4.78, 5) is 22.7. The van der Waals surface area contributed by atoms with Gasteiger partial charge in [0.05, 0.1) is 43.2 Å². The standard InChI is InChI=1S/C22H23N5O2S/c1-15-8-9-18(27(15)16-6-5-11-23-14-16)21-20(17-7-3-4-12-24-17)25-22(30)26(21)13-10-19(28)29-2/h3-9,11-12,14,20-21H,10,13H2,1-2H3,(H,25,30)/t20-,21-/m0/s1. The molecule has 0 amide bonds. The Kier molecular flexibility index (Phi) is 5.76. The second-order valence-corrected chi connectivity index (χ2v) is 7.48. The molecule has 0 spiro atoms. The van der Waals surface area contributed by atoms with Crippen LogP contribution in [-0.2, 0) is 9.53 Å². The van der Waals surface area contributed by atoms with Gasteiger partial charge in [0.1, 0.15) is 0 Å². The number of hydrogen-bond acceptors (Lipinski definition) is 5. The lowest BCUT2D eigenvalue weighted by Crippen LogP contribution is -2.32. The van der Waals surface area contributed by atoms with Gasteiger partial charge in [0.15, 0.2) is 5.11 Å². The Balaban J connectivity index is 1.79. The summed E-state index contributed by atoms with van der Waals surface area (Å²) in [6.45, 7) is 2.51. The maximum atomic E-state index is 11.8. The lowest BCUT2D eigenvalue weighted by atomic mass is 10.0. The molecule has 8 heteroatoms. The highest BCUT2D eigenvalue weighted by Crippen LogP contribution is 2.40. The molecule has 154 valence electrons. The van der Waals surface area contributed by atoms with Crippen molar-refractivity contribution in [2.75, 3.05) is 13.7 Å². The molecule has 3 aromatic rings. The van der Waals surface area contributed by atoms with Crippen LogP contribution in [0.15, 0.2) is 61.1 Å². The third-order valence-corrected chi connectivity index (χ3v) is 5.65. The first kappa shape index (κ1) is 20.0. The third kappa shape index (κ3) is 3.78. The van der Waals surface area contributed by atoms with E-state index in [4.69, 9.17) is 17.0 Å². The van der Waals surface area contributed by atoms with Crippen LogP contribution in [-0.4, -0.2) is 44.2 Å². The molecule has 0 saturated carbocycles. The first-order valence-electron chi connectivity index (χ1n) is 9.73. The molecule has 1 fully saturated rings. The number of esters is 1. The minimum Gasteiger partial charge on any atom is -0.469 e. The first-order chi connectivity index (χ1) is 14.6. The second kappa shape index (κ2) is 8.62. The van der Waals surface area contributed by atoms with E-state index in [1.807, 2.05) is 41.4 Å². The molecule has 0 radical (unpaired) electrons. The van der Waals surface area contributed by atoms with Gasteiger partial charge in [0.2, 0.25) is 0 Å². The molecule has 4 rings (SSSR count). The predicted molar refractivity (Wildman–Crippen MR) is 117 cm³/mol. The number of methoxy groups -OCH3 is 1. The van der Waals surface area contributed by atoms with E-state index in [-0.39, 0.29) is 24.5 Å². The molecule has 3 aromatic heterocycles. The topological polar surface area (TPSA) is 72.3 Å². The summed E-state index contributed by atoms with van der Waals surface area (Å²) in [5.41, 5.74) is 4.00. The number of thiocarbonyl (C=S) groups is 1. The van der Waals surface area contributed by atoms with Gasteiger partial charge >= 0.3 is 5.97 Å². The van der Waals surface area contributed by atoms with E-state index >= 15 is 0 Å². The van der Waals surface area contributed by atoms with Crippen molar-refractivity contribution in [3.8, 4) is 5.69 Å². The minimum atomic E-state index is -0.267. The highest BCUT2D eigenvalue weighted by atomic mass is 32.1. The second-order valence-electron chi connectivity index (χ2n) is 7.09. The quantitative estimate of drug-likeness (QED) is 0.484. The van der Waals surface area contributed by atoms with Crippen LogP contribution in [0.3, 0.4) is 0 Å². The average Bonchev–Trinajstić information content (AvgIpc) is 3.32. The zero-order valence-corrected chi connectivity index (χ0v) is 17.7. The van der Waals surface area contributed by atoms with Gasteiger partial charge in [0, 0.05) is 30.3 Å². The van der Waals surface area contributed by atoms with Crippen molar-refractivity contribution < 1.29 is 9.53 Å². The van der Waals surface area contributed by atoms with Crippen LogP contribution < -0.4 is 5.32 Å². The Bertz CT molecular complexity index is 1040. The molecule has 7 nitrogen and oxygen atoms in total. The highest BCUT2D eigenvalue weighted by molar-refractivity contribution is 7.80. The Morgan fingerprint density at radius 2 is 2.07 bits per heavy atom. The molecule has 1 aliphatic heterocycles. The van der Waals surface area contributed by atoms with E-state index in [1.165, 1.54) is 7.11 Å². The van der Waals surface area contributed by atoms with E-state index in [0.29, 0.717) is 11.7 Å². The monoisotopic (exact) mass is 421 g/mol. The van der Waals surface area contributed by atoms with Crippen molar-refractivity contribution in [2.24, 2.45) is 0 Å². The maximum absolute atomic E-state index is 11.8. The van der Waals surface area contributed by atoms with E-state index in [9.17, 15) is 4.79 Å². The lowest BCUT2D eigenvalue weighted by Gasteiger charge is -2.29. The third-order valence-electron chi connectivity index (χ3n) is 5.30. The number of aryl methyl sites for hydroxylation is 1. The Hall–Kier alpha value is -3.26. The molecular formula is C22H23N5O2S. The molecule has 0 unspecified atom stereocenters. The summed E-state index contributed by atoms with van der Waals surface area (Å²) < 4.78 is 7.01. The van der Waals surface area contributed by atoms with Gasteiger partial charge < -0.3 is 19.5 Å². The van der Waals surface area contributed by atoms with E-state index in [1.54, 1.807) is 12.4 Å². The van der Waals surface area contributed by atoms with Crippen molar-refractivity contribution in [3.63, 3.8) is 0 Å². The summed E-state index contributed by atoms with van der Waals surface area (Å²) >= 11 is 5.66. The van der Waals surface area contributed by atoms with Crippen LogP contribution in [0.1, 0.15) is 35.6 Å². The molecule has 0 aliphatic carbocycles. The summed E-state index contributed by atoms with van der Waals surface area (Å²) in [7, 11) is 1.40. The number of carbonyl (C=O) groups is 1. The van der Waals surface area contributed by atoms with Crippen LogP contribution in [0, 0.1) is 6.92 Å². The van der Waals surface area contributed by atoms with Crippen LogP contribution in [0.2, 0.25) is 0 Å². The zero-order valence-electron chi connectivity index (χ0n) is 16.9. The normalized spacial score (nSPS) is 18.3. The van der Waals surface area contributed by atoms with Crippen LogP contribution in [0.5, 0.6) is 0 Å². The fourth-order valence-electron chi connectivity index (χ4n) is 3.91. The molecule has 4 heterocycles. The molecule has 1 aliphatic rings. The zero-order chi connectivity index (χ0) is 21.1. The van der Waals surface area contributed by atoms with Crippen molar-refractivity contribution in [1.82, 2.24) is 24.8 Å². The summed E-state index contributed by atoms with van der Waals surface area (Å²) in [6.07, 6.45) is 5.62. The van der Waals surface area contributed by atoms with Crippen molar-refractivity contribution in [2.45, 2.75) is 25.4 Å². The van der Waals surface area contributed by atoms with Gasteiger partial charge in [-0.3, -0.25) is 14.8 Å². The fourth-order valence-corrected chi connectivity index (χ4v) is 4.24. The number of nitrogens with one attached hydrogen (secondary N) is 1. The Morgan fingerprint density at radius 1 is 1.20 bits per heavy atom. The van der Waals surface area contributed by atoms with E-state index in [2.05, 4.69) is 38.9 Å². The molecule has 30 heavy (non-hydrogen) atoms. The first-order valence-corrected chi connectivity index (χ1v) is 10.1. The molecule has 1 N–H and O–H groups in total. The number of ether oxygens (including phenoxy) is 1. The van der Waals surface area contributed by atoms with Crippen LogP contribution in [0.25, 0.3) is 5.69 Å². The number of hydrogen-bond donors (Lipinski definition) is 1. The molecule has 2 atom stereocenters. The molecule has 1 saturated heterocycles. The number of rotatable bonds is 6. The highest BCUT2D eigenvalue weighted by Gasteiger charge is 2.41. The van der Waals surface area contributed by atoms with Gasteiger partial charge in [-0.15, -0.1) is 0 Å². The van der Waals surface area contributed by atoms with Crippen LogP contribution in [0.4, 0.5) is 0 Å². The molecule has 0 bridgehead atoms. The minimum absolute atomic E-state index is 0.147. The fraction of sp³-hybridized carbons (Fsp3) is 0.273. The smallest absolute Gasteiger partial charge is 0.307 e. The summed E-state index contributed by atoms with van der Waals surface area (Å²) in [5.74, 6) is -0.267. The summed E-state index contributed by atoms with van der Waals surface area (Å²) in [5, 5.41) is 4.01. The SMILES string of the molecule is COC(=O)CCN1C(=S)N[C@@H](c2ccccn2)[C@@H]1c1ccc(C)n1-c1cccnc1. The van der Waals surface area contributed by atoms with E-state index < -0.39 is 0 Å². The van der Waals surface area contributed by atoms with Crippen LogP contribution >= 0.6 is 12.2 Å². The number of carbonyl (C=O) groups excluding carboxylic acids is 1. The maximum Gasteiger partial charge on any atom is 0.307 e. The molecular weight excluding hydrogens is 398 g/mol. The molecule has 0 aromatic carbocycles. The van der Waals surface area contributed by atoms with Gasteiger partial charge in [-0.05, 0) is 55.5 Å². The average molecular weight is 422 g/mol. The largest absolute Gasteiger partial charge is 0.469 e. The van der Waals surface area contributed by atoms with Gasteiger partial charge in [-0.1, -0.05) is 6.07 Å². The predicted octanol–water partition coefficient (Wildman–Crippen LogP) is 3.11. The lowest BCUT2D eigenvalue weighted by molar-refractivity contribution is -0.140.